The van der Waals surface area contributed by atoms with Gasteiger partial charge in [0.2, 0.25) is 5.91 Å². The zero-order chi connectivity index (χ0) is 23.7. The molecule has 1 spiro atoms. The molecule has 34 heavy (non-hydrogen) atoms. The smallest absolute Gasteiger partial charge is 0.260 e. The summed E-state index contributed by atoms with van der Waals surface area (Å²) in [5, 5.41) is 3.80. The van der Waals surface area contributed by atoms with Gasteiger partial charge in [0, 0.05) is 24.6 Å². The van der Waals surface area contributed by atoms with E-state index in [0.717, 1.165) is 35.2 Å². The number of nitrogens with zero attached hydrogens (tertiary/aromatic N) is 4. The van der Waals surface area contributed by atoms with Crippen molar-refractivity contribution in [1.82, 2.24) is 9.88 Å². The van der Waals surface area contributed by atoms with Crippen LogP contribution in [0.4, 0.5) is 11.4 Å². The van der Waals surface area contributed by atoms with Gasteiger partial charge in [-0.2, -0.15) is 0 Å². The van der Waals surface area contributed by atoms with Gasteiger partial charge >= 0.3 is 0 Å². The largest absolute Gasteiger partial charge is 0.321 e. The number of likely N-dealkylation sites (tertiary alicyclic amines) is 1. The highest BCUT2D eigenvalue weighted by molar-refractivity contribution is 6.28. The number of hydrogen-bond acceptors (Lipinski definition) is 5. The highest BCUT2D eigenvalue weighted by atomic mass is 16.2. The Labute approximate surface area is 198 Å². The minimum Gasteiger partial charge on any atom is -0.321 e. The molecule has 0 saturated carbocycles. The van der Waals surface area contributed by atoms with E-state index in [1.165, 1.54) is 6.08 Å². The Morgan fingerprint density at radius 2 is 1.82 bits per heavy atom. The van der Waals surface area contributed by atoms with Gasteiger partial charge in [-0.1, -0.05) is 35.9 Å². The number of anilines is 2. The van der Waals surface area contributed by atoms with Gasteiger partial charge in [-0.25, -0.2) is 0 Å². The molecule has 3 aromatic rings. The predicted molar refractivity (Wildman–Crippen MR) is 135 cm³/mol. The molecule has 0 radical (unpaired) electrons. The highest BCUT2D eigenvalue weighted by Gasteiger charge is 2.49. The number of amidine groups is 1. The molecule has 5 rings (SSSR count). The highest BCUT2D eigenvalue weighted by Crippen LogP contribution is 2.36. The predicted octanol–water partition coefficient (Wildman–Crippen LogP) is 3.95. The summed E-state index contributed by atoms with van der Waals surface area (Å²) in [5.41, 5.74) is 2.58. The molecule has 2 amide bonds. The summed E-state index contributed by atoms with van der Waals surface area (Å²) in [5.74, 6) is 0.161. The molecule has 0 aliphatic carbocycles. The number of fused-ring (bicyclic) bond motifs is 1. The third-order valence-corrected chi connectivity index (χ3v) is 6.51. The molecule has 0 atom stereocenters. The summed E-state index contributed by atoms with van der Waals surface area (Å²) >= 11 is 0. The number of aromatic nitrogens is 1. The summed E-state index contributed by atoms with van der Waals surface area (Å²) < 4.78 is 0. The topological polar surface area (TPSA) is 77.9 Å². The first-order chi connectivity index (χ1) is 16.4. The van der Waals surface area contributed by atoms with Crippen LogP contribution in [0, 0.1) is 6.92 Å². The van der Waals surface area contributed by atoms with Crippen molar-refractivity contribution in [3.8, 4) is 0 Å². The normalized spacial score (nSPS) is 18.1. The Hall–Kier alpha value is -3.84. The summed E-state index contributed by atoms with van der Waals surface area (Å²) in [6.07, 6.45) is 6.02. The molecule has 1 aromatic heterocycles. The van der Waals surface area contributed by atoms with Gasteiger partial charge in [0.25, 0.3) is 5.91 Å². The lowest BCUT2D eigenvalue weighted by atomic mass is 9.88. The van der Waals surface area contributed by atoms with E-state index >= 15 is 0 Å². The number of carbonyl (C=O) groups excluding carboxylic acids is 2. The Kier molecular flexibility index (Phi) is 5.71. The Bertz CT molecular complexity index is 1300. The monoisotopic (exact) mass is 453 g/mol. The van der Waals surface area contributed by atoms with E-state index in [1.807, 2.05) is 61.5 Å². The van der Waals surface area contributed by atoms with Crippen LogP contribution >= 0.6 is 0 Å². The number of hydrogen-bond donors (Lipinski definition) is 1. The van der Waals surface area contributed by atoms with E-state index < -0.39 is 5.54 Å². The Morgan fingerprint density at radius 1 is 1.09 bits per heavy atom. The van der Waals surface area contributed by atoms with Crippen LogP contribution in [-0.4, -0.2) is 53.2 Å². The van der Waals surface area contributed by atoms with Crippen LogP contribution in [0.2, 0.25) is 0 Å². The van der Waals surface area contributed by atoms with Crippen molar-refractivity contribution in [2.24, 2.45) is 4.99 Å². The third kappa shape index (κ3) is 4.22. The number of aliphatic imine (C=N–C) groups is 1. The summed E-state index contributed by atoms with van der Waals surface area (Å²) in [6, 6.07) is 17.4. The molecular formula is C27H27N5O2. The van der Waals surface area contributed by atoms with Crippen molar-refractivity contribution >= 4 is 39.9 Å². The van der Waals surface area contributed by atoms with E-state index in [1.54, 1.807) is 17.2 Å². The summed E-state index contributed by atoms with van der Waals surface area (Å²) in [7, 11) is 2.06. The molecule has 7 heteroatoms. The maximum atomic E-state index is 13.6. The summed E-state index contributed by atoms with van der Waals surface area (Å²) in [6.45, 7) is 3.63. The molecule has 3 heterocycles. The first-order valence-electron chi connectivity index (χ1n) is 11.5. The van der Waals surface area contributed by atoms with Gasteiger partial charge in [-0.3, -0.25) is 24.5 Å². The molecule has 2 aliphatic heterocycles. The maximum absolute atomic E-state index is 13.6. The van der Waals surface area contributed by atoms with Gasteiger partial charge in [0.1, 0.15) is 11.4 Å². The first-order valence-corrected chi connectivity index (χ1v) is 11.5. The number of carbonyl (C=O) groups is 2. The number of para-hydroxylation sites is 1. The standard InChI is InChI=1S/C27H27N5O2/c1-19-7-9-22(10-8-19)32-24(30-27(26(32)34)13-15-31(2)16-14-27)11-12-25(33)29-21-17-20-5-3-4-6-23(20)28-18-21/h3-12,17-18H,13-16H2,1-2H3,(H,29,33)/b12-11+. The van der Waals surface area contributed by atoms with E-state index in [9.17, 15) is 9.59 Å². The third-order valence-electron chi connectivity index (χ3n) is 6.51. The molecule has 1 fully saturated rings. The van der Waals surface area contributed by atoms with Crippen LogP contribution < -0.4 is 10.2 Å². The van der Waals surface area contributed by atoms with Crippen LogP contribution in [0.5, 0.6) is 0 Å². The zero-order valence-electron chi connectivity index (χ0n) is 19.4. The van der Waals surface area contributed by atoms with E-state index in [0.29, 0.717) is 24.4 Å². The second-order valence-electron chi connectivity index (χ2n) is 9.02. The van der Waals surface area contributed by atoms with Gasteiger partial charge in [-0.15, -0.1) is 0 Å². The second kappa shape index (κ2) is 8.83. The molecule has 2 aliphatic rings. The molecule has 1 saturated heterocycles. The first kappa shape index (κ1) is 22.0. The second-order valence-corrected chi connectivity index (χ2v) is 9.02. The van der Waals surface area contributed by atoms with Crippen molar-refractivity contribution in [2.45, 2.75) is 25.3 Å². The quantitative estimate of drug-likeness (QED) is 0.607. The number of pyridine rings is 1. The fourth-order valence-corrected chi connectivity index (χ4v) is 4.47. The van der Waals surface area contributed by atoms with Crippen molar-refractivity contribution in [1.29, 1.82) is 0 Å². The zero-order valence-corrected chi connectivity index (χ0v) is 19.4. The van der Waals surface area contributed by atoms with Crippen molar-refractivity contribution in [3.05, 3.63) is 78.5 Å². The number of amides is 2. The minimum absolute atomic E-state index is 0.0248. The van der Waals surface area contributed by atoms with Crippen molar-refractivity contribution < 1.29 is 9.59 Å². The lowest BCUT2D eigenvalue weighted by Crippen LogP contribution is -2.49. The van der Waals surface area contributed by atoms with Crippen LogP contribution in [0.25, 0.3) is 10.9 Å². The molecule has 0 bridgehead atoms. The number of piperidine rings is 1. The van der Waals surface area contributed by atoms with Gasteiger partial charge in [-0.05, 0) is 57.2 Å². The van der Waals surface area contributed by atoms with Gasteiger partial charge in [0.15, 0.2) is 0 Å². The number of aryl methyl sites for hydroxylation is 1. The molecule has 7 nitrogen and oxygen atoms in total. The Morgan fingerprint density at radius 3 is 2.59 bits per heavy atom. The lowest BCUT2D eigenvalue weighted by Gasteiger charge is -2.34. The fourth-order valence-electron chi connectivity index (χ4n) is 4.47. The van der Waals surface area contributed by atoms with Crippen LogP contribution in [0.15, 0.2) is 77.9 Å². The average Bonchev–Trinajstić information content (AvgIpc) is 3.11. The number of rotatable bonds is 4. The number of nitrogens with one attached hydrogen (secondary N) is 1. The average molecular weight is 454 g/mol. The van der Waals surface area contributed by atoms with Crippen LogP contribution in [0.1, 0.15) is 18.4 Å². The molecule has 1 N–H and O–H groups in total. The molecule has 172 valence electrons. The summed E-state index contributed by atoms with van der Waals surface area (Å²) in [4.78, 5) is 39.4. The van der Waals surface area contributed by atoms with E-state index in [2.05, 4.69) is 22.2 Å². The molecular weight excluding hydrogens is 426 g/mol. The maximum Gasteiger partial charge on any atom is 0.260 e. The van der Waals surface area contributed by atoms with E-state index in [-0.39, 0.29) is 11.8 Å². The van der Waals surface area contributed by atoms with Gasteiger partial charge in [0.05, 0.1) is 23.1 Å². The fraction of sp³-hybridized carbons (Fsp3) is 0.259. The SMILES string of the molecule is Cc1ccc(N2C(=O)C3(CCN(C)CC3)N=C2/C=C/C(=O)Nc2cnc3ccccc3c2)cc1. The van der Waals surface area contributed by atoms with Crippen LogP contribution in [-0.2, 0) is 9.59 Å². The number of benzene rings is 2. The van der Waals surface area contributed by atoms with Gasteiger partial charge < -0.3 is 10.2 Å². The van der Waals surface area contributed by atoms with E-state index in [4.69, 9.17) is 4.99 Å². The van der Waals surface area contributed by atoms with Crippen molar-refractivity contribution in [3.63, 3.8) is 0 Å². The van der Waals surface area contributed by atoms with Crippen molar-refractivity contribution in [2.75, 3.05) is 30.4 Å². The molecule has 2 aromatic carbocycles. The minimum atomic E-state index is -0.768. The molecule has 0 unspecified atom stereocenters. The lowest BCUT2D eigenvalue weighted by molar-refractivity contribution is -0.123. The van der Waals surface area contributed by atoms with Crippen LogP contribution in [0.3, 0.4) is 0 Å². The Balaban J connectivity index is 1.40.